The Kier molecular flexibility index (Phi) is 2.69. The fourth-order valence-electron chi connectivity index (χ4n) is 1.05. The summed E-state index contributed by atoms with van der Waals surface area (Å²) in [6.07, 6.45) is 0. The topological polar surface area (TPSA) is 58.7 Å². The molecule has 0 aliphatic rings. The molecule has 0 aliphatic heterocycles. The van der Waals surface area contributed by atoms with Crippen LogP contribution in [0.25, 0.3) is 0 Å². The van der Waals surface area contributed by atoms with Crippen molar-refractivity contribution in [3.05, 3.63) is 27.4 Å². The minimum absolute atomic E-state index is 0.0541. The molecule has 68 valence electrons. The Labute approximate surface area is 80.4 Å². The van der Waals surface area contributed by atoms with Crippen molar-refractivity contribution in [1.29, 1.82) is 5.26 Å². The fraction of sp³-hybridized carbons (Fsp3) is 0.375. The maximum absolute atomic E-state index is 11.3. The van der Waals surface area contributed by atoms with Crippen LogP contribution in [0.4, 0.5) is 0 Å². The third kappa shape index (κ3) is 1.87. The number of hydrogen-bond donors (Lipinski definition) is 0. The molecule has 5 heteroatoms. The molecule has 0 amide bonds. The molecule has 13 heavy (non-hydrogen) atoms. The second kappa shape index (κ2) is 3.58. The lowest BCUT2D eigenvalue weighted by Gasteiger charge is -2.10. The van der Waals surface area contributed by atoms with Crippen molar-refractivity contribution in [2.24, 2.45) is 0 Å². The number of rotatable bonds is 1. The SMILES string of the molecule is CC(C)n1c(C#N)cc(Cl)nc1=O. The lowest BCUT2D eigenvalue weighted by molar-refractivity contribution is 0.557. The van der Waals surface area contributed by atoms with Crippen LogP contribution >= 0.6 is 11.6 Å². The number of nitrogens with zero attached hydrogens (tertiary/aromatic N) is 3. The lowest BCUT2D eigenvalue weighted by Crippen LogP contribution is -2.26. The van der Waals surface area contributed by atoms with Crippen molar-refractivity contribution >= 4 is 11.6 Å². The molecule has 0 spiro atoms. The maximum Gasteiger partial charge on any atom is 0.350 e. The van der Waals surface area contributed by atoms with Gasteiger partial charge in [0.2, 0.25) is 0 Å². The second-order valence-electron chi connectivity index (χ2n) is 2.82. The van der Waals surface area contributed by atoms with Gasteiger partial charge in [-0.2, -0.15) is 10.2 Å². The molecule has 0 aromatic carbocycles. The Morgan fingerprint density at radius 3 is 2.77 bits per heavy atom. The summed E-state index contributed by atoms with van der Waals surface area (Å²) >= 11 is 5.53. The van der Waals surface area contributed by atoms with Crippen molar-refractivity contribution < 1.29 is 0 Å². The van der Waals surface area contributed by atoms with Gasteiger partial charge in [0.15, 0.2) is 0 Å². The summed E-state index contributed by atoms with van der Waals surface area (Å²) in [5.41, 5.74) is -0.251. The molecule has 0 radical (unpaired) electrons. The molecule has 1 rings (SSSR count). The zero-order valence-corrected chi connectivity index (χ0v) is 8.04. The Morgan fingerprint density at radius 2 is 2.31 bits per heavy atom. The van der Waals surface area contributed by atoms with Crippen LogP contribution in [0.3, 0.4) is 0 Å². The van der Waals surface area contributed by atoms with E-state index in [1.807, 2.05) is 6.07 Å². The highest BCUT2D eigenvalue weighted by molar-refractivity contribution is 6.29. The lowest BCUT2D eigenvalue weighted by atomic mass is 10.3. The largest absolute Gasteiger partial charge is 0.350 e. The van der Waals surface area contributed by atoms with Gasteiger partial charge in [-0.25, -0.2) is 4.79 Å². The normalized spacial score (nSPS) is 10.1. The third-order valence-corrected chi connectivity index (χ3v) is 1.75. The molecular formula is C8H8ClN3O. The highest BCUT2D eigenvalue weighted by Crippen LogP contribution is 2.08. The second-order valence-corrected chi connectivity index (χ2v) is 3.21. The quantitative estimate of drug-likeness (QED) is 0.639. The molecule has 0 saturated heterocycles. The molecule has 0 N–H and O–H groups in total. The zero-order valence-electron chi connectivity index (χ0n) is 7.28. The summed E-state index contributed by atoms with van der Waals surface area (Å²) in [4.78, 5) is 14.8. The molecule has 0 fully saturated rings. The van der Waals surface area contributed by atoms with Gasteiger partial charge in [0, 0.05) is 12.1 Å². The Morgan fingerprint density at radius 1 is 1.69 bits per heavy atom. The van der Waals surface area contributed by atoms with Crippen LogP contribution < -0.4 is 5.69 Å². The molecular weight excluding hydrogens is 190 g/mol. The van der Waals surface area contributed by atoms with Crippen LogP contribution in [0, 0.1) is 11.3 Å². The maximum atomic E-state index is 11.3. The molecule has 0 unspecified atom stereocenters. The molecule has 1 aromatic heterocycles. The number of aromatic nitrogens is 2. The highest BCUT2D eigenvalue weighted by Gasteiger charge is 2.09. The van der Waals surface area contributed by atoms with Crippen LogP contribution in [-0.4, -0.2) is 9.55 Å². The molecule has 0 atom stereocenters. The van der Waals surface area contributed by atoms with Crippen molar-refractivity contribution in [3.8, 4) is 6.07 Å². The van der Waals surface area contributed by atoms with Gasteiger partial charge in [-0.3, -0.25) is 4.57 Å². The summed E-state index contributed by atoms with van der Waals surface area (Å²) in [6.45, 7) is 3.61. The van der Waals surface area contributed by atoms with Gasteiger partial charge in [-0.15, -0.1) is 0 Å². The van der Waals surface area contributed by atoms with E-state index in [-0.39, 0.29) is 16.9 Å². The predicted octanol–water partition coefficient (Wildman–Crippen LogP) is 1.35. The van der Waals surface area contributed by atoms with Crippen LogP contribution in [0.1, 0.15) is 25.6 Å². The molecule has 4 nitrogen and oxygen atoms in total. The van der Waals surface area contributed by atoms with Crippen LogP contribution in [0.2, 0.25) is 5.15 Å². The first-order valence-electron chi connectivity index (χ1n) is 3.75. The average Bonchev–Trinajstić information content (AvgIpc) is 2.01. The highest BCUT2D eigenvalue weighted by atomic mass is 35.5. The fourth-order valence-corrected chi connectivity index (χ4v) is 1.22. The van der Waals surface area contributed by atoms with Crippen LogP contribution in [0.5, 0.6) is 0 Å². The van der Waals surface area contributed by atoms with E-state index in [2.05, 4.69) is 4.98 Å². The van der Waals surface area contributed by atoms with E-state index in [1.54, 1.807) is 13.8 Å². The number of hydrogen-bond acceptors (Lipinski definition) is 3. The molecule has 1 heterocycles. The molecule has 1 aromatic rings. The van der Waals surface area contributed by atoms with Gasteiger partial charge < -0.3 is 0 Å². The van der Waals surface area contributed by atoms with Crippen LogP contribution in [-0.2, 0) is 0 Å². The van der Waals surface area contributed by atoms with E-state index in [0.717, 1.165) is 0 Å². The third-order valence-electron chi connectivity index (χ3n) is 1.55. The van der Waals surface area contributed by atoms with Gasteiger partial charge in [-0.1, -0.05) is 11.6 Å². The summed E-state index contributed by atoms with van der Waals surface area (Å²) in [5, 5.41) is 8.77. The van der Waals surface area contributed by atoms with E-state index in [0.29, 0.717) is 0 Å². The Hall–Kier alpha value is -1.34. The summed E-state index contributed by atoms with van der Waals surface area (Å²) < 4.78 is 1.30. The van der Waals surface area contributed by atoms with Crippen LogP contribution in [0.15, 0.2) is 10.9 Å². The summed E-state index contributed by atoms with van der Waals surface area (Å²) in [5.74, 6) is 0. The first-order valence-corrected chi connectivity index (χ1v) is 4.13. The molecule has 0 bridgehead atoms. The minimum atomic E-state index is -0.487. The Bertz CT molecular complexity index is 416. The number of nitriles is 1. The van der Waals surface area contributed by atoms with Crippen molar-refractivity contribution in [2.75, 3.05) is 0 Å². The average molecular weight is 198 g/mol. The molecule has 0 saturated carbocycles. The first kappa shape index (κ1) is 9.75. The van der Waals surface area contributed by atoms with E-state index >= 15 is 0 Å². The first-order chi connectivity index (χ1) is 6.06. The van der Waals surface area contributed by atoms with Gasteiger partial charge in [-0.05, 0) is 13.8 Å². The van der Waals surface area contributed by atoms with E-state index in [1.165, 1.54) is 10.6 Å². The Balaban J connectivity index is 3.51. The smallest absolute Gasteiger partial charge is 0.281 e. The van der Waals surface area contributed by atoms with Gasteiger partial charge in [0.25, 0.3) is 0 Å². The van der Waals surface area contributed by atoms with Gasteiger partial charge >= 0.3 is 5.69 Å². The van der Waals surface area contributed by atoms with E-state index < -0.39 is 5.69 Å². The van der Waals surface area contributed by atoms with Crippen molar-refractivity contribution in [2.45, 2.75) is 19.9 Å². The predicted molar refractivity (Wildman–Crippen MR) is 48.6 cm³/mol. The van der Waals surface area contributed by atoms with E-state index in [4.69, 9.17) is 16.9 Å². The van der Waals surface area contributed by atoms with E-state index in [9.17, 15) is 4.79 Å². The van der Waals surface area contributed by atoms with Gasteiger partial charge in [0.1, 0.15) is 16.9 Å². The summed E-state index contributed by atoms with van der Waals surface area (Å²) in [6, 6.07) is 3.18. The number of halogens is 1. The monoisotopic (exact) mass is 197 g/mol. The van der Waals surface area contributed by atoms with Crippen molar-refractivity contribution in [1.82, 2.24) is 9.55 Å². The minimum Gasteiger partial charge on any atom is -0.281 e. The standard InChI is InChI=1S/C8H8ClN3O/c1-5(2)12-6(4-10)3-7(9)11-8(12)13/h3,5H,1-2H3. The van der Waals surface area contributed by atoms with Gasteiger partial charge in [0.05, 0.1) is 0 Å². The molecule has 0 aliphatic carbocycles. The van der Waals surface area contributed by atoms with Crippen molar-refractivity contribution in [3.63, 3.8) is 0 Å². The zero-order chi connectivity index (χ0) is 10.0. The summed E-state index contributed by atoms with van der Waals surface area (Å²) in [7, 11) is 0.